The zero-order valence-corrected chi connectivity index (χ0v) is 11.9. The van der Waals surface area contributed by atoms with Crippen LogP contribution in [0.3, 0.4) is 0 Å². The van der Waals surface area contributed by atoms with Crippen molar-refractivity contribution in [3.05, 3.63) is 52.2 Å². The molecule has 0 fully saturated rings. The summed E-state index contributed by atoms with van der Waals surface area (Å²) in [7, 11) is 1.68. The van der Waals surface area contributed by atoms with Gasteiger partial charge in [-0.15, -0.1) is 0 Å². The molecule has 1 heterocycles. The Kier molecular flexibility index (Phi) is 5.28. The number of benzene rings is 1. The average molecular weight is 290 g/mol. The predicted octanol–water partition coefficient (Wildman–Crippen LogP) is 2.44. The van der Waals surface area contributed by atoms with Gasteiger partial charge in [0, 0.05) is 51.2 Å². The van der Waals surface area contributed by atoms with Crippen molar-refractivity contribution in [1.82, 2.24) is 9.78 Å². The first-order valence-electron chi connectivity index (χ1n) is 6.68. The van der Waals surface area contributed by atoms with Crippen LogP contribution in [-0.4, -0.2) is 28.4 Å². The molecule has 0 aliphatic carbocycles. The van der Waals surface area contributed by atoms with E-state index < -0.39 is 4.92 Å². The lowest BCUT2D eigenvalue weighted by molar-refractivity contribution is -0.384. The molecule has 1 N–H and O–H groups in total. The van der Waals surface area contributed by atoms with Crippen molar-refractivity contribution in [1.29, 1.82) is 0 Å². The number of nitro benzene ring substituents is 1. The number of aromatic nitrogens is 2. The maximum absolute atomic E-state index is 10.7. The van der Waals surface area contributed by atoms with E-state index in [2.05, 4.69) is 10.4 Å². The third-order valence-corrected chi connectivity index (χ3v) is 2.97. The van der Waals surface area contributed by atoms with Crippen molar-refractivity contribution in [2.24, 2.45) is 0 Å². The second-order valence-corrected chi connectivity index (χ2v) is 4.59. The molecule has 0 aliphatic heterocycles. The predicted molar refractivity (Wildman–Crippen MR) is 79.1 cm³/mol. The molecule has 0 aliphatic rings. The largest absolute Gasteiger partial charge is 0.385 e. The Balaban J connectivity index is 1.88. The molecule has 0 radical (unpaired) electrons. The fourth-order valence-corrected chi connectivity index (χ4v) is 1.92. The molecule has 112 valence electrons. The first kappa shape index (κ1) is 15.0. The van der Waals surface area contributed by atoms with Crippen LogP contribution in [0.5, 0.6) is 0 Å². The summed E-state index contributed by atoms with van der Waals surface area (Å²) < 4.78 is 6.84. The van der Waals surface area contributed by atoms with Crippen molar-refractivity contribution in [2.45, 2.75) is 19.5 Å². The van der Waals surface area contributed by atoms with Gasteiger partial charge in [0.15, 0.2) is 0 Å². The number of nitro groups is 1. The molecule has 7 nitrogen and oxygen atoms in total. The molecule has 0 atom stereocenters. The summed E-state index contributed by atoms with van der Waals surface area (Å²) in [6.07, 6.45) is 2.80. The summed E-state index contributed by atoms with van der Waals surface area (Å²) in [4.78, 5) is 10.3. The normalized spacial score (nSPS) is 10.5. The molecule has 2 aromatic rings. The Labute approximate surface area is 122 Å². The number of hydrogen-bond acceptors (Lipinski definition) is 5. The molecule has 21 heavy (non-hydrogen) atoms. The highest BCUT2D eigenvalue weighted by atomic mass is 16.6. The third-order valence-electron chi connectivity index (χ3n) is 2.97. The topological polar surface area (TPSA) is 82.2 Å². The van der Waals surface area contributed by atoms with Gasteiger partial charge in [0.1, 0.15) is 5.82 Å². The number of methoxy groups -OCH3 is 1. The van der Waals surface area contributed by atoms with E-state index in [1.807, 2.05) is 23.0 Å². The van der Waals surface area contributed by atoms with Gasteiger partial charge in [0.05, 0.1) is 4.92 Å². The standard InChI is InChI=1S/C14H18N4O3/c1-21-9-3-7-17-8-6-14(16-17)15-11-12-4-2-5-13(10-12)18(19)20/h2,4-6,8,10H,3,7,9,11H2,1H3,(H,15,16). The maximum Gasteiger partial charge on any atom is 0.269 e. The summed E-state index contributed by atoms with van der Waals surface area (Å²) in [6, 6.07) is 8.44. The fourth-order valence-electron chi connectivity index (χ4n) is 1.92. The first-order chi connectivity index (χ1) is 10.2. The van der Waals surface area contributed by atoms with E-state index in [1.165, 1.54) is 6.07 Å². The van der Waals surface area contributed by atoms with Crippen LogP contribution in [0.2, 0.25) is 0 Å². The molecule has 0 amide bonds. The van der Waals surface area contributed by atoms with Crippen molar-refractivity contribution in [2.75, 3.05) is 19.0 Å². The highest BCUT2D eigenvalue weighted by Gasteiger charge is 2.06. The van der Waals surface area contributed by atoms with Crippen LogP contribution in [0, 0.1) is 10.1 Å². The molecule has 7 heteroatoms. The van der Waals surface area contributed by atoms with Gasteiger partial charge in [-0.3, -0.25) is 14.8 Å². The van der Waals surface area contributed by atoms with Crippen LogP contribution in [0.15, 0.2) is 36.5 Å². The van der Waals surface area contributed by atoms with Crippen molar-refractivity contribution in [3.8, 4) is 0 Å². The van der Waals surface area contributed by atoms with Crippen LogP contribution < -0.4 is 5.32 Å². The van der Waals surface area contributed by atoms with Crippen molar-refractivity contribution < 1.29 is 9.66 Å². The second-order valence-electron chi connectivity index (χ2n) is 4.59. The zero-order valence-electron chi connectivity index (χ0n) is 11.9. The van der Waals surface area contributed by atoms with E-state index >= 15 is 0 Å². The number of nitrogens with zero attached hydrogens (tertiary/aromatic N) is 3. The molecule has 0 bridgehead atoms. The van der Waals surface area contributed by atoms with E-state index in [9.17, 15) is 10.1 Å². The number of rotatable bonds is 8. The molecule has 2 rings (SSSR count). The highest BCUT2D eigenvalue weighted by Crippen LogP contribution is 2.14. The molecule has 0 saturated heterocycles. The average Bonchev–Trinajstić information content (AvgIpc) is 2.94. The SMILES string of the molecule is COCCCn1ccc(NCc2cccc([N+](=O)[O-])c2)n1. The van der Waals surface area contributed by atoms with Crippen LogP contribution >= 0.6 is 0 Å². The van der Waals surface area contributed by atoms with Crippen LogP contribution in [0.25, 0.3) is 0 Å². The van der Waals surface area contributed by atoms with Gasteiger partial charge >= 0.3 is 0 Å². The Bertz CT molecular complexity index is 597. The summed E-state index contributed by atoms with van der Waals surface area (Å²) in [5, 5.41) is 18.2. The van der Waals surface area contributed by atoms with Crippen LogP contribution in [0.1, 0.15) is 12.0 Å². The minimum atomic E-state index is -0.395. The number of non-ortho nitro benzene ring substituents is 1. The van der Waals surface area contributed by atoms with E-state index in [1.54, 1.807) is 19.2 Å². The van der Waals surface area contributed by atoms with E-state index in [0.717, 1.165) is 24.3 Å². The lowest BCUT2D eigenvalue weighted by Crippen LogP contribution is -2.04. The minimum absolute atomic E-state index is 0.0967. The Hall–Kier alpha value is -2.41. The molecular formula is C14H18N4O3. The number of hydrogen-bond donors (Lipinski definition) is 1. The Morgan fingerprint density at radius 2 is 2.29 bits per heavy atom. The van der Waals surface area contributed by atoms with Gasteiger partial charge < -0.3 is 10.1 Å². The van der Waals surface area contributed by atoms with E-state index in [4.69, 9.17) is 4.74 Å². The van der Waals surface area contributed by atoms with Crippen LogP contribution in [0.4, 0.5) is 11.5 Å². The first-order valence-corrected chi connectivity index (χ1v) is 6.68. The molecule has 1 aromatic heterocycles. The van der Waals surface area contributed by atoms with Gasteiger partial charge in [0.25, 0.3) is 5.69 Å². The van der Waals surface area contributed by atoms with Gasteiger partial charge in [-0.05, 0) is 12.0 Å². The smallest absolute Gasteiger partial charge is 0.269 e. The molecule has 0 saturated carbocycles. The Morgan fingerprint density at radius 3 is 3.05 bits per heavy atom. The minimum Gasteiger partial charge on any atom is -0.385 e. The Morgan fingerprint density at radius 1 is 1.43 bits per heavy atom. The lowest BCUT2D eigenvalue weighted by Gasteiger charge is -2.04. The number of ether oxygens (including phenoxy) is 1. The zero-order chi connectivity index (χ0) is 15.1. The monoisotopic (exact) mass is 290 g/mol. The third kappa shape index (κ3) is 4.57. The van der Waals surface area contributed by atoms with Crippen molar-refractivity contribution >= 4 is 11.5 Å². The molecule has 1 aromatic carbocycles. The highest BCUT2D eigenvalue weighted by molar-refractivity contribution is 5.38. The summed E-state index contributed by atoms with van der Waals surface area (Å²) in [5.41, 5.74) is 0.942. The lowest BCUT2D eigenvalue weighted by atomic mass is 10.2. The van der Waals surface area contributed by atoms with Crippen molar-refractivity contribution in [3.63, 3.8) is 0 Å². The van der Waals surface area contributed by atoms with Crippen LogP contribution in [-0.2, 0) is 17.8 Å². The van der Waals surface area contributed by atoms with E-state index in [-0.39, 0.29) is 5.69 Å². The van der Waals surface area contributed by atoms with Gasteiger partial charge in [-0.25, -0.2) is 0 Å². The maximum atomic E-state index is 10.7. The number of anilines is 1. The molecular weight excluding hydrogens is 272 g/mol. The molecule has 0 unspecified atom stereocenters. The molecule has 0 spiro atoms. The van der Waals surface area contributed by atoms with Gasteiger partial charge in [-0.1, -0.05) is 12.1 Å². The fraction of sp³-hybridized carbons (Fsp3) is 0.357. The second kappa shape index (κ2) is 7.39. The van der Waals surface area contributed by atoms with Gasteiger partial charge in [0.2, 0.25) is 0 Å². The quantitative estimate of drug-likeness (QED) is 0.458. The van der Waals surface area contributed by atoms with Gasteiger partial charge in [-0.2, -0.15) is 5.10 Å². The summed E-state index contributed by atoms with van der Waals surface area (Å²) in [6.45, 7) is 2.00. The number of aryl methyl sites for hydroxylation is 1. The summed E-state index contributed by atoms with van der Waals surface area (Å²) in [5.74, 6) is 0.749. The van der Waals surface area contributed by atoms with E-state index in [0.29, 0.717) is 13.2 Å². The number of nitrogens with one attached hydrogen (secondary N) is 1. The summed E-state index contributed by atoms with van der Waals surface area (Å²) >= 11 is 0.